The molecule has 1 heterocycles. The lowest BCUT2D eigenvalue weighted by atomic mass is 9.97. The van der Waals surface area contributed by atoms with Gasteiger partial charge in [0.15, 0.2) is 0 Å². The van der Waals surface area contributed by atoms with Gasteiger partial charge in [-0.2, -0.15) is 0 Å². The molecule has 268 valence electrons. The van der Waals surface area contributed by atoms with Gasteiger partial charge in [0.05, 0.1) is 24.6 Å². The Morgan fingerprint density at radius 2 is 1.43 bits per heavy atom. The molecule has 0 spiro atoms. The first-order valence-electron chi connectivity index (χ1n) is 16.9. The van der Waals surface area contributed by atoms with Crippen LogP contribution in [0.25, 0.3) is 10.9 Å². The molecule has 0 radical (unpaired) electrons. The standard InChI is InChI=1S/C40H46N4O7/c1-3-13-30(23-37(46)42-32(25-45)21-28-15-7-5-8-16-28)38(47)43-33(22-31-24-41-35-20-12-11-19-34(31)35)27-50-39(48)36(14-4-2)44-40(49)51-26-29-17-9-6-10-18-29/h3-12,15-20,24,30,32-33,36,41,45H,1-2,13-14,21-23,25-27H2,(H,42,46)(H,43,47)(H,44,49). The molecular formula is C40H46N4O7. The smallest absolute Gasteiger partial charge is 0.408 e. The molecule has 11 nitrogen and oxygen atoms in total. The number of aromatic amines is 1. The number of allylic oxidation sites excluding steroid dienone is 1. The van der Waals surface area contributed by atoms with Crippen LogP contribution >= 0.6 is 0 Å². The molecule has 0 bridgehead atoms. The van der Waals surface area contributed by atoms with Crippen molar-refractivity contribution in [2.45, 2.75) is 56.8 Å². The van der Waals surface area contributed by atoms with Crippen molar-refractivity contribution >= 4 is 34.8 Å². The first-order chi connectivity index (χ1) is 24.8. The van der Waals surface area contributed by atoms with Crippen molar-refractivity contribution in [3.05, 3.63) is 133 Å². The van der Waals surface area contributed by atoms with E-state index in [-0.39, 0.29) is 45.0 Å². The van der Waals surface area contributed by atoms with E-state index in [9.17, 15) is 24.3 Å². The van der Waals surface area contributed by atoms with Crippen LogP contribution in [0.2, 0.25) is 0 Å². The molecule has 51 heavy (non-hydrogen) atoms. The SMILES string of the molecule is C=CCC(CC(=O)NC(CO)Cc1ccccc1)C(=O)NC(COC(=O)C(CC=C)NC(=O)OCc1ccccc1)Cc1c[nH]c2ccccc12. The van der Waals surface area contributed by atoms with Crippen LogP contribution < -0.4 is 16.0 Å². The van der Waals surface area contributed by atoms with Crippen LogP contribution in [0.4, 0.5) is 4.79 Å². The van der Waals surface area contributed by atoms with Crippen LogP contribution in [0.1, 0.15) is 36.0 Å². The Kier molecular flexibility index (Phi) is 15.0. The van der Waals surface area contributed by atoms with Gasteiger partial charge in [-0.25, -0.2) is 9.59 Å². The van der Waals surface area contributed by atoms with Crippen molar-refractivity contribution in [2.24, 2.45) is 5.92 Å². The highest BCUT2D eigenvalue weighted by Crippen LogP contribution is 2.20. The number of hydrogen-bond acceptors (Lipinski definition) is 7. The number of H-pyrrole nitrogens is 1. The van der Waals surface area contributed by atoms with Crippen LogP contribution in [-0.4, -0.2) is 65.3 Å². The molecule has 0 aliphatic carbocycles. The summed E-state index contributed by atoms with van der Waals surface area (Å²) in [4.78, 5) is 55.8. The number of benzene rings is 3. The van der Waals surface area contributed by atoms with E-state index in [0.29, 0.717) is 12.8 Å². The predicted octanol–water partition coefficient (Wildman–Crippen LogP) is 4.91. The molecule has 4 atom stereocenters. The average molecular weight is 695 g/mol. The highest BCUT2D eigenvalue weighted by atomic mass is 16.6. The fraction of sp³-hybridized carbons (Fsp3) is 0.300. The molecule has 3 aromatic carbocycles. The van der Waals surface area contributed by atoms with Gasteiger partial charge in [0.2, 0.25) is 11.8 Å². The van der Waals surface area contributed by atoms with Crippen molar-refractivity contribution in [3.8, 4) is 0 Å². The van der Waals surface area contributed by atoms with Gasteiger partial charge in [0.25, 0.3) is 0 Å². The zero-order valence-electron chi connectivity index (χ0n) is 28.6. The lowest BCUT2D eigenvalue weighted by molar-refractivity contribution is -0.147. The maximum atomic E-state index is 13.7. The summed E-state index contributed by atoms with van der Waals surface area (Å²) in [7, 11) is 0. The third-order valence-corrected chi connectivity index (χ3v) is 8.27. The molecule has 5 N–H and O–H groups in total. The van der Waals surface area contributed by atoms with Crippen molar-refractivity contribution in [1.82, 2.24) is 20.9 Å². The fourth-order valence-electron chi connectivity index (χ4n) is 5.66. The number of para-hydroxylation sites is 1. The second kappa shape index (κ2) is 20.1. The van der Waals surface area contributed by atoms with Crippen molar-refractivity contribution in [1.29, 1.82) is 0 Å². The Morgan fingerprint density at radius 3 is 2.12 bits per heavy atom. The predicted molar refractivity (Wildman–Crippen MR) is 195 cm³/mol. The number of alkyl carbamates (subject to hydrolysis) is 1. The topological polar surface area (TPSA) is 159 Å². The number of nitrogens with one attached hydrogen (secondary N) is 4. The van der Waals surface area contributed by atoms with E-state index in [1.165, 1.54) is 6.08 Å². The number of esters is 1. The summed E-state index contributed by atoms with van der Waals surface area (Å²) >= 11 is 0. The Hall–Kier alpha value is -5.68. The van der Waals surface area contributed by atoms with Gasteiger partial charge < -0.3 is 35.5 Å². The normalized spacial score (nSPS) is 13.2. The Labute approximate surface area is 298 Å². The summed E-state index contributed by atoms with van der Waals surface area (Å²) < 4.78 is 11.0. The quantitative estimate of drug-likeness (QED) is 0.0650. The van der Waals surface area contributed by atoms with Gasteiger partial charge >= 0.3 is 12.1 Å². The molecule has 11 heteroatoms. The maximum absolute atomic E-state index is 13.7. The molecule has 0 aliphatic heterocycles. The van der Waals surface area contributed by atoms with Gasteiger partial charge in [0.1, 0.15) is 19.3 Å². The van der Waals surface area contributed by atoms with Gasteiger partial charge in [-0.1, -0.05) is 91.0 Å². The molecule has 0 saturated heterocycles. The monoisotopic (exact) mass is 694 g/mol. The minimum absolute atomic E-state index is 0.0266. The van der Waals surface area contributed by atoms with Crippen molar-refractivity contribution < 1.29 is 33.8 Å². The second-order valence-corrected chi connectivity index (χ2v) is 12.2. The Balaban J connectivity index is 1.42. The minimum Gasteiger partial charge on any atom is -0.462 e. The lowest BCUT2D eigenvalue weighted by Gasteiger charge is -2.24. The molecule has 4 unspecified atom stereocenters. The van der Waals surface area contributed by atoms with E-state index in [1.807, 2.05) is 91.1 Å². The number of hydrogen-bond donors (Lipinski definition) is 5. The average Bonchev–Trinajstić information content (AvgIpc) is 3.55. The maximum Gasteiger partial charge on any atom is 0.408 e. The lowest BCUT2D eigenvalue weighted by Crippen LogP contribution is -2.47. The number of fused-ring (bicyclic) bond motifs is 1. The summed E-state index contributed by atoms with van der Waals surface area (Å²) in [6, 6.07) is 24.1. The molecule has 0 saturated carbocycles. The largest absolute Gasteiger partial charge is 0.462 e. The number of ether oxygens (including phenoxy) is 2. The molecular weight excluding hydrogens is 648 g/mol. The zero-order valence-corrected chi connectivity index (χ0v) is 28.6. The number of carbonyl (C=O) groups is 4. The fourth-order valence-corrected chi connectivity index (χ4v) is 5.66. The van der Waals surface area contributed by atoms with E-state index in [2.05, 4.69) is 34.1 Å². The summed E-state index contributed by atoms with van der Waals surface area (Å²) in [5, 5.41) is 19.2. The van der Waals surface area contributed by atoms with Crippen LogP contribution in [0.5, 0.6) is 0 Å². The summed E-state index contributed by atoms with van der Waals surface area (Å²) in [5.41, 5.74) is 3.55. The zero-order chi connectivity index (χ0) is 36.4. The van der Waals surface area contributed by atoms with Gasteiger partial charge in [-0.05, 0) is 48.4 Å². The van der Waals surface area contributed by atoms with E-state index in [1.54, 1.807) is 6.08 Å². The molecule has 1 aromatic heterocycles. The van der Waals surface area contributed by atoms with Crippen LogP contribution in [0.15, 0.2) is 116 Å². The van der Waals surface area contributed by atoms with E-state index in [4.69, 9.17) is 9.47 Å². The third kappa shape index (κ3) is 12.3. The van der Waals surface area contributed by atoms with E-state index >= 15 is 0 Å². The highest BCUT2D eigenvalue weighted by Gasteiger charge is 2.28. The van der Waals surface area contributed by atoms with Gasteiger partial charge in [-0.15, -0.1) is 13.2 Å². The van der Waals surface area contributed by atoms with Crippen molar-refractivity contribution in [3.63, 3.8) is 0 Å². The number of carbonyl (C=O) groups excluding carboxylic acids is 4. The van der Waals surface area contributed by atoms with Crippen molar-refractivity contribution in [2.75, 3.05) is 13.2 Å². The third-order valence-electron chi connectivity index (χ3n) is 8.27. The second-order valence-electron chi connectivity index (χ2n) is 12.2. The Morgan fingerprint density at radius 1 is 0.765 bits per heavy atom. The first-order valence-corrected chi connectivity index (χ1v) is 16.9. The van der Waals surface area contributed by atoms with Crippen LogP contribution in [0, 0.1) is 5.92 Å². The van der Waals surface area contributed by atoms with Gasteiger partial charge in [-0.3, -0.25) is 9.59 Å². The summed E-state index contributed by atoms with van der Waals surface area (Å²) in [6.45, 7) is 7.01. The minimum atomic E-state index is -1.07. The van der Waals surface area contributed by atoms with Crippen LogP contribution in [0.3, 0.4) is 0 Å². The molecule has 3 amide bonds. The van der Waals surface area contributed by atoms with E-state index in [0.717, 1.165) is 27.6 Å². The Bertz CT molecular complexity index is 1740. The summed E-state index contributed by atoms with van der Waals surface area (Å²) in [6.07, 6.45) is 5.02. The number of amides is 3. The number of aliphatic hydroxyl groups is 1. The van der Waals surface area contributed by atoms with E-state index < -0.39 is 42.0 Å². The summed E-state index contributed by atoms with van der Waals surface area (Å²) in [5.74, 6) is -2.29. The molecule has 0 fully saturated rings. The molecule has 0 aliphatic rings. The van der Waals surface area contributed by atoms with Crippen LogP contribution in [-0.2, 0) is 43.3 Å². The highest BCUT2D eigenvalue weighted by molar-refractivity contribution is 5.87. The number of aliphatic hydroxyl groups excluding tert-OH is 1. The van der Waals surface area contributed by atoms with Gasteiger partial charge in [0, 0.05) is 23.5 Å². The first kappa shape index (κ1) is 38.1. The number of aromatic nitrogens is 1. The number of rotatable bonds is 20. The molecule has 4 aromatic rings. The molecule has 4 rings (SSSR count).